The predicted molar refractivity (Wildman–Crippen MR) is 144 cm³/mol. The number of nitrogens with zero attached hydrogens (tertiary/aromatic N) is 1. The van der Waals surface area contributed by atoms with Crippen molar-refractivity contribution in [1.29, 1.82) is 0 Å². The Morgan fingerprint density at radius 3 is 2.57 bits per heavy atom. The van der Waals surface area contributed by atoms with E-state index in [9.17, 15) is 9.59 Å². The van der Waals surface area contributed by atoms with Gasteiger partial charge in [-0.3, -0.25) is 14.6 Å². The summed E-state index contributed by atoms with van der Waals surface area (Å²) >= 11 is 6.04. The molecule has 0 radical (unpaired) electrons. The van der Waals surface area contributed by atoms with Crippen LogP contribution in [0, 0.1) is 19.7 Å². The van der Waals surface area contributed by atoms with Gasteiger partial charge in [0.1, 0.15) is 11.3 Å². The first-order chi connectivity index (χ1) is 17.8. The lowest BCUT2D eigenvalue weighted by atomic mass is 9.98. The Kier molecular flexibility index (Phi) is 7.59. The zero-order valence-corrected chi connectivity index (χ0v) is 21.4. The number of aliphatic imine (C=N–C) groups is 1. The minimum absolute atomic E-state index is 0.0112. The van der Waals surface area contributed by atoms with Gasteiger partial charge in [-0.2, -0.15) is 0 Å². The van der Waals surface area contributed by atoms with E-state index in [1.165, 1.54) is 13.1 Å². The molecule has 0 spiro atoms. The van der Waals surface area contributed by atoms with Gasteiger partial charge in [0.15, 0.2) is 17.1 Å². The highest BCUT2D eigenvalue weighted by Gasteiger charge is 2.23. The van der Waals surface area contributed by atoms with Crippen LogP contribution in [0.2, 0.25) is 5.02 Å². The van der Waals surface area contributed by atoms with Gasteiger partial charge in [-0.25, -0.2) is 9.87 Å². The molecule has 0 saturated heterocycles. The molecule has 0 amide bonds. The Morgan fingerprint density at radius 1 is 1.16 bits per heavy atom. The number of carbonyl (C=O) groups excluding carboxylic acids is 1. The third-order valence-electron chi connectivity index (χ3n) is 6.03. The van der Waals surface area contributed by atoms with Crippen molar-refractivity contribution >= 4 is 40.6 Å². The number of halogens is 2. The fourth-order valence-electron chi connectivity index (χ4n) is 4.26. The van der Waals surface area contributed by atoms with Crippen LogP contribution in [0.15, 0.2) is 68.8 Å². The third-order valence-corrected chi connectivity index (χ3v) is 6.32. The van der Waals surface area contributed by atoms with E-state index in [2.05, 4.69) is 20.6 Å². The molecule has 7 nitrogen and oxygen atoms in total. The van der Waals surface area contributed by atoms with E-state index in [0.29, 0.717) is 33.5 Å². The summed E-state index contributed by atoms with van der Waals surface area (Å²) in [5.74, 6) is -0.294. The zero-order chi connectivity index (χ0) is 26.7. The van der Waals surface area contributed by atoms with Crippen LogP contribution in [0.3, 0.4) is 0 Å². The van der Waals surface area contributed by atoms with E-state index in [1.54, 1.807) is 19.1 Å². The summed E-state index contributed by atoms with van der Waals surface area (Å²) in [6.07, 6.45) is 0. The quantitative estimate of drug-likeness (QED) is 0.132. The number of rotatable bonds is 7. The average Bonchev–Trinajstić information content (AvgIpc) is 2.90. The van der Waals surface area contributed by atoms with Crippen molar-refractivity contribution in [2.45, 2.75) is 26.8 Å². The molecular formula is C28H25ClFN3O4. The molecule has 1 aromatic heterocycles. The van der Waals surface area contributed by atoms with Crippen molar-refractivity contribution in [2.24, 2.45) is 4.99 Å². The first-order valence-electron chi connectivity index (χ1n) is 11.5. The van der Waals surface area contributed by atoms with E-state index in [4.69, 9.17) is 16.0 Å². The Bertz CT molecular complexity index is 1570. The van der Waals surface area contributed by atoms with Gasteiger partial charge < -0.3 is 14.6 Å². The van der Waals surface area contributed by atoms with Crippen LogP contribution in [0.25, 0.3) is 22.3 Å². The van der Waals surface area contributed by atoms with Gasteiger partial charge in [0.05, 0.1) is 22.0 Å². The molecule has 2 N–H and O–H groups in total. The molecule has 0 fully saturated rings. The largest absolute Gasteiger partial charge is 0.455 e. The van der Waals surface area contributed by atoms with Crippen molar-refractivity contribution in [3.63, 3.8) is 0 Å². The number of nitrogens with one attached hydrogen (secondary N) is 2. The summed E-state index contributed by atoms with van der Waals surface area (Å²) < 4.78 is 21.5. The van der Waals surface area contributed by atoms with Gasteiger partial charge in [0.25, 0.3) is 0 Å². The van der Waals surface area contributed by atoms with Gasteiger partial charge in [-0.1, -0.05) is 48.0 Å². The SMILES string of the molecule is CN=C(NOC=O)c1c(NC(C)c2cc(C)cc3c(=O)c(C)c(-c4ccccc4)oc23)ccc(Cl)c1F. The molecule has 1 atom stereocenters. The smallest absolute Gasteiger partial charge is 0.320 e. The summed E-state index contributed by atoms with van der Waals surface area (Å²) in [5.41, 5.74) is 5.84. The van der Waals surface area contributed by atoms with Crippen LogP contribution in [0.4, 0.5) is 10.1 Å². The van der Waals surface area contributed by atoms with Crippen LogP contribution in [0.1, 0.15) is 35.2 Å². The summed E-state index contributed by atoms with van der Waals surface area (Å²) in [5, 5.41) is 3.60. The van der Waals surface area contributed by atoms with Crippen LogP contribution >= 0.6 is 11.6 Å². The molecule has 1 heterocycles. The highest BCUT2D eigenvalue weighted by atomic mass is 35.5. The molecule has 3 aromatic carbocycles. The highest BCUT2D eigenvalue weighted by Crippen LogP contribution is 2.34. The second-order valence-electron chi connectivity index (χ2n) is 8.52. The topological polar surface area (TPSA) is 92.9 Å². The lowest BCUT2D eigenvalue weighted by Crippen LogP contribution is -2.27. The van der Waals surface area contributed by atoms with Gasteiger partial charge >= 0.3 is 6.47 Å². The molecule has 0 aliphatic rings. The molecule has 0 saturated carbocycles. The molecule has 4 aromatic rings. The monoisotopic (exact) mass is 521 g/mol. The lowest BCUT2D eigenvalue weighted by Gasteiger charge is -2.21. The number of fused-ring (bicyclic) bond motifs is 1. The van der Waals surface area contributed by atoms with E-state index in [0.717, 1.165) is 11.1 Å². The lowest BCUT2D eigenvalue weighted by molar-refractivity contribution is -0.132. The molecule has 9 heteroatoms. The molecule has 0 aliphatic heterocycles. The van der Waals surface area contributed by atoms with E-state index in [1.807, 2.05) is 50.2 Å². The third kappa shape index (κ3) is 5.06. The standard InChI is InChI=1S/C28H25ClFN3O4/c1-15-12-19(27-20(13-15)25(35)16(2)26(37-27)18-8-6-5-7-9-18)17(3)32-22-11-10-21(29)24(30)23(22)28(31-4)33-36-14-34/h5-14,17,32H,1-4H3,(H,31,33). The van der Waals surface area contributed by atoms with Gasteiger partial charge in [0.2, 0.25) is 0 Å². The molecule has 4 rings (SSSR count). The Hall–Kier alpha value is -4.17. The summed E-state index contributed by atoms with van der Waals surface area (Å²) in [6.45, 7) is 5.67. The predicted octanol–water partition coefficient (Wildman–Crippen LogP) is 6.10. The number of hydroxylamine groups is 1. The Labute approximate surface area is 217 Å². The maximum atomic E-state index is 15.1. The van der Waals surface area contributed by atoms with Crippen molar-refractivity contribution in [2.75, 3.05) is 12.4 Å². The minimum Gasteiger partial charge on any atom is -0.455 e. The summed E-state index contributed by atoms with van der Waals surface area (Å²) in [4.78, 5) is 32.6. The number of aryl methyl sites for hydroxylation is 1. The van der Waals surface area contributed by atoms with Crippen molar-refractivity contribution in [3.8, 4) is 11.3 Å². The first kappa shape index (κ1) is 25.9. The number of hydrogen-bond acceptors (Lipinski definition) is 6. The molecule has 1 unspecified atom stereocenters. The normalized spacial score (nSPS) is 12.3. The second-order valence-corrected chi connectivity index (χ2v) is 8.93. The van der Waals surface area contributed by atoms with Gasteiger partial charge in [0, 0.05) is 29.4 Å². The number of hydrogen-bond donors (Lipinski definition) is 2. The van der Waals surface area contributed by atoms with E-state index < -0.39 is 11.9 Å². The number of amidine groups is 1. The number of benzene rings is 3. The average molecular weight is 522 g/mol. The Balaban J connectivity index is 1.86. The van der Waals surface area contributed by atoms with Gasteiger partial charge in [-0.05, 0) is 44.5 Å². The van der Waals surface area contributed by atoms with Crippen molar-refractivity contribution in [1.82, 2.24) is 5.48 Å². The summed E-state index contributed by atoms with van der Waals surface area (Å²) in [6, 6.07) is 15.7. The fourth-order valence-corrected chi connectivity index (χ4v) is 4.41. The molecule has 0 aliphatic carbocycles. The Morgan fingerprint density at radius 2 is 1.89 bits per heavy atom. The maximum Gasteiger partial charge on any atom is 0.320 e. The van der Waals surface area contributed by atoms with Crippen LogP contribution in [-0.4, -0.2) is 19.4 Å². The molecule has 190 valence electrons. The number of anilines is 1. The molecule has 37 heavy (non-hydrogen) atoms. The van der Waals surface area contributed by atoms with Crippen LogP contribution in [0.5, 0.6) is 0 Å². The molecular weight excluding hydrogens is 497 g/mol. The number of carbonyl (C=O) groups is 1. The van der Waals surface area contributed by atoms with Crippen molar-refractivity contribution in [3.05, 3.63) is 97.9 Å². The first-order valence-corrected chi connectivity index (χ1v) is 11.8. The van der Waals surface area contributed by atoms with E-state index in [-0.39, 0.29) is 28.3 Å². The zero-order valence-electron chi connectivity index (χ0n) is 20.7. The maximum absolute atomic E-state index is 15.1. The van der Waals surface area contributed by atoms with Crippen molar-refractivity contribution < 1.29 is 18.4 Å². The van der Waals surface area contributed by atoms with Gasteiger partial charge in [-0.15, -0.1) is 0 Å². The van der Waals surface area contributed by atoms with Crippen LogP contribution in [-0.2, 0) is 9.63 Å². The van der Waals surface area contributed by atoms with E-state index >= 15 is 4.39 Å². The minimum atomic E-state index is -0.746. The fraction of sp³-hybridized carbons (Fsp3) is 0.179. The second kappa shape index (κ2) is 10.8. The summed E-state index contributed by atoms with van der Waals surface area (Å²) in [7, 11) is 1.42. The molecule has 0 bridgehead atoms. The van der Waals surface area contributed by atoms with Crippen LogP contribution < -0.4 is 16.2 Å². The highest BCUT2D eigenvalue weighted by molar-refractivity contribution is 6.31.